The molecular formula is C19H32N4O6. The zero-order chi connectivity index (χ0) is 21.9. The van der Waals surface area contributed by atoms with Crippen molar-refractivity contribution in [1.82, 2.24) is 15.1 Å². The summed E-state index contributed by atoms with van der Waals surface area (Å²) in [5.74, 6) is -2.10. The van der Waals surface area contributed by atoms with Crippen molar-refractivity contribution in [3.8, 4) is 0 Å². The van der Waals surface area contributed by atoms with Crippen LogP contribution in [0.25, 0.3) is 0 Å². The van der Waals surface area contributed by atoms with Gasteiger partial charge in [0.1, 0.15) is 11.6 Å². The highest BCUT2D eigenvalue weighted by Crippen LogP contribution is 2.25. The molecule has 2 heterocycles. The minimum Gasteiger partial charge on any atom is -0.444 e. The smallest absolute Gasteiger partial charge is 0.410 e. The molecule has 164 valence electrons. The molecular weight excluding hydrogens is 380 g/mol. The van der Waals surface area contributed by atoms with Gasteiger partial charge in [0.25, 0.3) is 0 Å². The Labute approximate surface area is 170 Å². The molecule has 0 spiro atoms. The van der Waals surface area contributed by atoms with Crippen molar-refractivity contribution in [1.29, 1.82) is 0 Å². The van der Waals surface area contributed by atoms with Crippen LogP contribution in [0.4, 0.5) is 4.79 Å². The molecule has 29 heavy (non-hydrogen) atoms. The van der Waals surface area contributed by atoms with Gasteiger partial charge in [0.05, 0.1) is 17.9 Å². The van der Waals surface area contributed by atoms with Gasteiger partial charge in [-0.3, -0.25) is 14.4 Å². The van der Waals surface area contributed by atoms with Crippen LogP contribution in [-0.4, -0.2) is 82.6 Å². The fraction of sp³-hybridized carbons (Fsp3) is 0.789. The van der Waals surface area contributed by atoms with Crippen molar-refractivity contribution >= 4 is 23.8 Å². The number of ether oxygens (including phenoxy) is 1. The maximum absolute atomic E-state index is 12.8. The van der Waals surface area contributed by atoms with Crippen molar-refractivity contribution in [3.63, 3.8) is 0 Å². The van der Waals surface area contributed by atoms with Crippen molar-refractivity contribution in [2.24, 2.45) is 17.6 Å². The SMILES string of the molecule is C[C@@H](O)[C@H](NC(=O)[C@H]1CCN(C(=O)[C@H]2CCN(C(=O)OC(C)(C)C)C2)C1)C(N)=O. The Hall–Kier alpha value is -2.36. The van der Waals surface area contributed by atoms with Crippen LogP contribution in [0.2, 0.25) is 0 Å². The lowest BCUT2D eigenvalue weighted by Gasteiger charge is -2.25. The van der Waals surface area contributed by atoms with Crippen molar-refractivity contribution < 1.29 is 29.0 Å². The molecule has 2 aliphatic rings. The van der Waals surface area contributed by atoms with Gasteiger partial charge >= 0.3 is 6.09 Å². The fourth-order valence-electron chi connectivity index (χ4n) is 3.59. The minimum absolute atomic E-state index is 0.0895. The Morgan fingerprint density at radius 2 is 1.62 bits per heavy atom. The summed E-state index contributed by atoms with van der Waals surface area (Å²) in [6.45, 7) is 8.16. The summed E-state index contributed by atoms with van der Waals surface area (Å²) in [5.41, 5.74) is 4.60. The highest BCUT2D eigenvalue weighted by atomic mass is 16.6. The van der Waals surface area contributed by atoms with E-state index in [1.54, 1.807) is 25.7 Å². The molecule has 0 aliphatic carbocycles. The Balaban J connectivity index is 1.87. The minimum atomic E-state index is -1.16. The summed E-state index contributed by atoms with van der Waals surface area (Å²) in [6.07, 6.45) is -0.516. The van der Waals surface area contributed by atoms with Crippen LogP contribution < -0.4 is 11.1 Å². The first-order valence-corrected chi connectivity index (χ1v) is 9.93. The molecule has 10 heteroatoms. The monoisotopic (exact) mass is 412 g/mol. The first-order chi connectivity index (χ1) is 13.4. The number of primary amides is 1. The first kappa shape index (κ1) is 22.9. The van der Waals surface area contributed by atoms with Crippen molar-refractivity contribution in [3.05, 3.63) is 0 Å². The van der Waals surface area contributed by atoms with Crippen LogP contribution in [0.1, 0.15) is 40.5 Å². The average Bonchev–Trinajstić information content (AvgIpc) is 3.26. The lowest BCUT2D eigenvalue weighted by atomic mass is 10.1. The van der Waals surface area contributed by atoms with Gasteiger partial charge in [-0.1, -0.05) is 0 Å². The van der Waals surface area contributed by atoms with Gasteiger partial charge in [-0.05, 0) is 40.5 Å². The Bertz CT molecular complexity index is 660. The third kappa shape index (κ3) is 6.06. The van der Waals surface area contributed by atoms with Crippen LogP contribution in [0.5, 0.6) is 0 Å². The van der Waals surface area contributed by atoms with Crippen LogP contribution in [0.3, 0.4) is 0 Å². The number of aliphatic hydroxyl groups excluding tert-OH is 1. The van der Waals surface area contributed by atoms with Gasteiger partial charge in [-0.15, -0.1) is 0 Å². The largest absolute Gasteiger partial charge is 0.444 e. The Kier molecular flexibility index (Phi) is 7.10. The zero-order valence-electron chi connectivity index (χ0n) is 17.5. The summed E-state index contributed by atoms with van der Waals surface area (Å²) >= 11 is 0. The van der Waals surface area contributed by atoms with E-state index in [1.165, 1.54) is 11.8 Å². The van der Waals surface area contributed by atoms with Crippen LogP contribution in [0.15, 0.2) is 0 Å². The maximum Gasteiger partial charge on any atom is 0.410 e. The predicted octanol–water partition coefficient (Wildman–Crippen LogP) is -0.557. The molecule has 10 nitrogen and oxygen atoms in total. The molecule has 2 rings (SSSR count). The van der Waals surface area contributed by atoms with E-state index in [-0.39, 0.29) is 18.4 Å². The summed E-state index contributed by atoms with van der Waals surface area (Å²) in [7, 11) is 0. The molecule has 0 unspecified atom stereocenters. The number of nitrogens with zero attached hydrogens (tertiary/aromatic N) is 2. The zero-order valence-corrected chi connectivity index (χ0v) is 17.5. The topological polar surface area (TPSA) is 142 Å². The molecule has 0 bridgehead atoms. The van der Waals surface area contributed by atoms with Gasteiger partial charge in [0.2, 0.25) is 17.7 Å². The van der Waals surface area contributed by atoms with Crippen molar-refractivity contribution in [2.45, 2.75) is 58.3 Å². The lowest BCUT2D eigenvalue weighted by molar-refractivity contribution is -0.135. The maximum atomic E-state index is 12.8. The molecule has 2 fully saturated rings. The third-order valence-corrected chi connectivity index (χ3v) is 5.15. The van der Waals surface area contributed by atoms with E-state index in [0.29, 0.717) is 32.5 Å². The van der Waals surface area contributed by atoms with E-state index in [9.17, 15) is 24.3 Å². The number of nitrogens with two attached hydrogens (primary N) is 1. The Morgan fingerprint density at radius 3 is 2.17 bits per heavy atom. The number of hydrogen-bond acceptors (Lipinski definition) is 6. The quantitative estimate of drug-likeness (QED) is 0.553. The second-order valence-electron chi connectivity index (χ2n) is 8.81. The number of amides is 4. The molecule has 0 saturated carbocycles. The van der Waals surface area contributed by atoms with E-state index in [4.69, 9.17) is 10.5 Å². The van der Waals surface area contributed by atoms with Crippen molar-refractivity contribution in [2.75, 3.05) is 26.2 Å². The highest BCUT2D eigenvalue weighted by molar-refractivity contribution is 5.89. The summed E-state index contributed by atoms with van der Waals surface area (Å²) in [4.78, 5) is 51.9. The van der Waals surface area contributed by atoms with E-state index in [1.807, 2.05) is 0 Å². The number of hydrogen-bond donors (Lipinski definition) is 3. The number of carbonyl (C=O) groups excluding carboxylic acids is 4. The van der Waals surface area contributed by atoms with E-state index in [2.05, 4.69) is 5.32 Å². The molecule has 4 amide bonds. The first-order valence-electron chi connectivity index (χ1n) is 9.93. The number of rotatable bonds is 5. The van der Waals surface area contributed by atoms with Gasteiger partial charge in [-0.2, -0.15) is 0 Å². The number of nitrogens with one attached hydrogen (secondary N) is 1. The molecule has 0 aromatic heterocycles. The second kappa shape index (κ2) is 8.98. The van der Waals surface area contributed by atoms with Gasteiger partial charge in [0.15, 0.2) is 0 Å². The number of likely N-dealkylation sites (tertiary alicyclic amines) is 2. The molecule has 2 saturated heterocycles. The molecule has 0 radical (unpaired) electrons. The van der Waals surface area contributed by atoms with E-state index in [0.717, 1.165) is 0 Å². The highest BCUT2D eigenvalue weighted by Gasteiger charge is 2.39. The normalized spacial score (nSPS) is 24.2. The summed E-state index contributed by atoms with van der Waals surface area (Å²) < 4.78 is 5.35. The van der Waals surface area contributed by atoms with Gasteiger partial charge < -0.3 is 30.7 Å². The predicted molar refractivity (Wildman–Crippen MR) is 103 cm³/mol. The summed E-state index contributed by atoms with van der Waals surface area (Å²) in [6, 6.07) is -1.16. The molecule has 0 aromatic rings. The van der Waals surface area contributed by atoms with Gasteiger partial charge in [0, 0.05) is 26.2 Å². The van der Waals surface area contributed by atoms with Crippen LogP contribution in [-0.2, 0) is 19.1 Å². The lowest BCUT2D eigenvalue weighted by Crippen LogP contribution is -2.52. The average molecular weight is 412 g/mol. The second-order valence-corrected chi connectivity index (χ2v) is 8.81. The van der Waals surface area contributed by atoms with Gasteiger partial charge in [-0.25, -0.2) is 4.79 Å². The standard InChI is InChI=1S/C19H32N4O6/c1-11(24)14(15(20)25)21-16(26)12-5-7-22(9-12)17(27)13-6-8-23(10-13)18(28)29-19(2,3)4/h11-14,24H,5-10H2,1-4H3,(H2,20,25)(H,21,26)/t11-,12+,13+,14+/m1/s1. The Morgan fingerprint density at radius 1 is 1.07 bits per heavy atom. The fourth-order valence-corrected chi connectivity index (χ4v) is 3.59. The molecule has 4 N–H and O–H groups in total. The molecule has 4 atom stereocenters. The number of carbonyl (C=O) groups is 4. The van der Waals surface area contributed by atoms with E-state index >= 15 is 0 Å². The van der Waals surface area contributed by atoms with Crippen LogP contribution in [0, 0.1) is 11.8 Å². The van der Waals surface area contributed by atoms with Crippen LogP contribution >= 0.6 is 0 Å². The third-order valence-electron chi connectivity index (χ3n) is 5.15. The number of aliphatic hydroxyl groups is 1. The van der Waals surface area contributed by atoms with E-state index < -0.39 is 41.6 Å². The molecule has 2 aliphatic heterocycles. The summed E-state index contributed by atoms with van der Waals surface area (Å²) in [5, 5.41) is 12.0. The molecule has 0 aromatic carbocycles.